The van der Waals surface area contributed by atoms with Gasteiger partial charge in [-0.05, 0) is 45.6 Å². The van der Waals surface area contributed by atoms with Gasteiger partial charge < -0.3 is 4.57 Å². The first kappa shape index (κ1) is 11.5. The standard InChI is InChI=1S/C14H20N4/c1-11(2)18-8-7-12(16-18)9-17-10-15-13-5-3-4-6-14(13)17/h7-8,10-11H,3-6,9H2,1-2H3. The van der Waals surface area contributed by atoms with Crippen LogP contribution >= 0.6 is 0 Å². The Morgan fingerprint density at radius 1 is 1.28 bits per heavy atom. The van der Waals surface area contributed by atoms with Crippen LogP contribution in [0.1, 0.15) is 49.8 Å². The van der Waals surface area contributed by atoms with Crippen LogP contribution in [0.5, 0.6) is 0 Å². The maximum Gasteiger partial charge on any atom is 0.0955 e. The molecule has 2 heterocycles. The first-order chi connectivity index (χ1) is 8.74. The van der Waals surface area contributed by atoms with E-state index in [1.54, 1.807) is 0 Å². The minimum absolute atomic E-state index is 0.426. The largest absolute Gasteiger partial charge is 0.328 e. The highest BCUT2D eigenvalue weighted by molar-refractivity contribution is 5.17. The summed E-state index contributed by atoms with van der Waals surface area (Å²) in [5, 5.41) is 4.60. The highest BCUT2D eigenvalue weighted by Crippen LogP contribution is 2.20. The molecule has 0 amide bonds. The zero-order chi connectivity index (χ0) is 12.5. The Hall–Kier alpha value is -1.58. The van der Waals surface area contributed by atoms with E-state index in [0.717, 1.165) is 18.7 Å². The van der Waals surface area contributed by atoms with Crippen molar-refractivity contribution in [3.8, 4) is 0 Å². The van der Waals surface area contributed by atoms with E-state index < -0.39 is 0 Å². The molecule has 0 aromatic carbocycles. The Morgan fingerprint density at radius 2 is 2.11 bits per heavy atom. The molecule has 4 nitrogen and oxygen atoms in total. The van der Waals surface area contributed by atoms with Crippen molar-refractivity contribution in [3.05, 3.63) is 35.7 Å². The van der Waals surface area contributed by atoms with Crippen LogP contribution in [-0.2, 0) is 19.4 Å². The normalized spacial score (nSPS) is 15.1. The van der Waals surface area contributed by atoms with E-state index in [9.17, 15) is 0 Å². The number of nitrogens with zero attached hydrogens (tertiary/aromatic N) is 4. The summed E-state index contributed by atoms with van der Waals surface area (Å²) in [5.74, 6) is 0. The molecule has 0 fully saturated rings. The van der Waals surface area contributed by atoms with Gasteiger partial charge in [-0.1, -0.05) is 0 Å². The molecule has 0 radical (unpaired) electrons. The molecule has 96 valence electrons. The van der Waals surface area contributed by atoms with Gasteiger partial charge in [0.1, 0.15) is 0 Å². The van der Waals surface area contributed by atoms with Crippen LogP contribution in [0.2, 0.25) is 0 Å². The lowest BCUT2D eigenvalue weighted by atomic mass is 10.0. The molecule has 4 heteroatoms. The van der Waals surface area contributed by atoms with E-state index >= 15 is 0 Å². The second-order valence-corrected chi connectivity index (χ2v) is 5.35. The van der Waals surface area contributed by atoms with Gasteiger partial charge in [0.25, 0.3) is 0 Å². The van der Waals surface area contributed by atoms with Gasteiger partial charge in [-0.2, -0.15) is 5.10 Å². The van der Waals surface area contributed by atoms with Gasteiger partial charge in [0.05, 0.1) is 24.3 Å². The second kappa shape index (κ2) is 4.59. The zero-order valence-corrected chi connectivity index (χ0v) is 11.1. The number of hydrogen-bond acceptors (Lipinski definition) is 2. The molecular weight excluding hydrogens is 224 g/mol. The summed E-state index contributed by atoms with van der Waals surface area (Å²) in [7, 11) is 0. The molecule has 0 saturated heterocycles. The highest BCUT2D eigenvalue weighted by Gasteiger charge is 2.15. The molecule has 0 atom stereocenters. The number of aryl methyl sites for hydroxylation is 1. The molecule has 2 aromatic heterocycles. The summed E-state index contributed by atoms with van der Waals surface area (Å²) in [4.78, 5) is 4.52. The maximum atomic E-state index is 4.60. The van der Waals surface area contributed by atoms with Crippen LogP contribution in [0.15, 0.2) is 18.6 Å². The average Bonchev–Trinajstić information content (AvgIpc) is 2.98. The van der Waals surface area contributed by atoms with Gasteiger partial charge in [-0.3, -0.25) is 4.68 Å². The molecule has 0 aliphatic heterocycles. The molecule has 18 heavy (non-hydrogen) atoms. The minimum atomic E-state index is 0.426. The number of imidazole rings is 1. The van der Waals surface area contributed by atoms with Gasteiger partial charge in [-0.25, -0.2) is 4.98 Å². The van der Waals surface area contributed by atoms with Crippen molar-refractivity contribution in [1.82, 2.24) is 19.3 Å². The quantitative estimate of drug-likeness (QED) is 0.832. The van der Waals surface area contributed by atoms with Crippen LogP contribution in [-0.4, -0.2) is 19.3 Å². The summed E-state index contributed by atoms with van der Waals surface area (Å²) in [5.41, 5.74) is 3.83. The topological polar surface area (TPSA) is 35.6 Å². The Kier molecular flexibility index (Phi) is 2.94. The Bertz CT molecular complexity index is 536. The van der Waals surface area contributed by atoms with Crippen molar-refractivity contribution in [1.29, 1.82) is 0 Å². The minimum Gasteiger partial charge on any atom is -0.328 e. The molecule has 2 aromatic rings. The van der Waals surface area contributed by atoms with E-state index in [4.69, 9.17) is 0 Å². The fourth-order valence-corrected chi connectivity index (χ4v) is 2.59. The molecular formula is C14H20N4. The number of aromatic nitrogens is 4. The Balaban J connectivity index is 1.81. The molecule has 0 saturated carbocycles. The van der Waals surface area contributed by atoms with Crippen LogP contribution in [0, 0.1) is 0 Å². The lowest BCUT2D eigenvalue weighted by Crippen LogP contribution is -2.10. The monoisotopic (exact) mass is 244 g/mol. The predicted molar refractivity (Wildman–Crippen MR) is 70.6 cm³/mol. The number of hydrogen-bond donors (Lipinski definition) is 0. The van der Waals surface area contributed by atoms with Crippen LogP contribution in [0.3, 0.4) is 0 Å². The van der Waals surface area contributed by atoms with Crippen molar-refractivity contribution in [2.24, 2.45) is 0 Å². The van der Waals surface area contributed by atoms with E-state index in [-0.39, 0.29) is 0 Å². The number of fused-ring (bicyclic) bond motifs is 1. The van der Waals surface area contributed by atoms with Gasteiger partial charge in [0.15, 0.2) is 0 Å². The highest BCUT2D eigenvalue weighted by atomic mass is 15.3. The van der Waals surface area contributed by atoms with E-state index in [2.05, 4.69) is 40.8 Å². The lowest BCUT2D eigenvalue weighted by molar-refractivity contribution is 0.522. The molecule has 1 aliphatic rings. The Labute approximate surface area is 108 Å². The van der Waals surface area contributed by atoms with Gasteiger partial charge in [0.2, 0.25) is 0 Å². The van der Waals surface area contributed by atoms with Crippen molar-refractivity contribution in [2.75, 3.05) is 0 Å². The second-order valence-electron chi connectivity index (χ2n) is 5.35. The van der Waals surface area contributed by atoms with Crippen LogP contribution in [0.25, 0.3) is 0 Å². The Morgan fingerprint density at radius 3 is 2.89 bits per heavy atom. The van der Waals surface area contributed by atoms with Crippen LogP contribution in [0.4, 0.5) is 0 Å². The first-order valence-electron chi connectivity index (χ1n) is 6.81. The summed E-state index contributed by atoms with van der Waals surface area (Å²) >= 11 is 0. The zero-order valence-electron chi connectivity index (χ0n) is 11.1. The third kappa shape index (κ3) is 2.07. The summed E-state index contributed by atoms with van der Waals surface area (Å²) < 4.78 is 4.28. The van der Waals surface area contributed by atoms with Crippen LogP contribution < -0.4 is 0 Å². The number of rotatable bonds is 3. The van der Waals surface area contributed by atoms with E-state index in [0.29, 0.717) is 6.04 Å². The summed E-state index contributed by atoms with van der Waals surface area (Å²) in [6.45, 7) is 5.15. The van der Waals surface area contributed by atoms with Gasteiger partial charge >= 0.3 is 0 Å². The third-order valence-electron chi connectivity index (χ3n) is 3.63. The smallest absolute Gasteiger partial charge is 0.0955 e. The summed E-state index contributed by atoms with van der Waals surface area (Å²) in [6, 6.07) is 2.53. The van der Waals surface area contributed by atoms with Gasteiger partial charge in [-0.15, -0.1) is 0 Å². The van der Waals surface area contributed by atoms with E-state index in [1.165, 1.54) is 30.7 Å². The van der Waals surface area contributed by atoms with Crippen molar-refractivity contribution in [3.63, 3.8) is 0 Å². The molecule has 0 unspecified atom stereocenters. The predicted octanol–water partition coefficient (Wildman–Crippen LogP) is 2.59. The van der Waals surface area contributed by atoms with E-state index in [1.807, 2.05) is 11.0 Å². The van der Waals surface area contributed by atoms with Gasteiger partial charge in [0, 0.05) is 17.9 Å². The fourth-order valence-electron chi connectivity index (χ4n) is 2.59. The lowest BCUT2D eigenvalue weighted by Gasteiger charge is -2.13. The molecule has 3 rings (SSSR count). The molecule has 0 spiro atoms. The molecule has 0 N–H and O–H groups in total. The van der Waals surface area contributed by atoms with Crippen molar-refractivity contribution < 1.29 is 0 Å². The summed E-state index contributed by atoms with van der Waals surface area (Å²) in [6.07, 6.45) is 8.92. The third-order valence-corrected chi connectivity index (χ3v) is 3.63. The SMILES string of the molecule is CC(C)n1ccc(Cn2cnc3c2CCCC3)n1. The molecule has 1 aliphatic carbocycles. The van der Waals surface area contributed by atoms with Crippen molar-refractivity contribution >= 4 is 0 Å². The maximum absolute atomic E-state index is 4.60. The first-order valence-corrected chi connectivity index (χ1v) is 6.81. The molecule has 0 bridgehead atoms. The van der Waals surface area contributed by atoms with Crippen molar-refractivity contribution in [2.45, 2.75) is 52.1 Å². The fraction of sp³-hybridized carbons (Fsp3) is 0.571. The average molecular weight is 244 g/mol.